The van der Waals surface area contributed by atoms with E-state index in [9.17, 15) is 4.79 Å². The first-order valence-corrected chi connectivity index (χ1v) is 5.70. The van der Waals surface area contributed by atoms with Gasteiger partial charge in [0.15, 0.2) is 0 Å². The molecule has 98 valence electrons. The van der Waals surface area contributed by atoms with Crippen molar-refractivity contribution in [1.29, 1.82) is 0 Å². The van der Waals surface area contributed by atoms with Crippen LogP contribution in [0.1, 0.15) is 10.4 Å². The lowest BCUT2D eigenvalue weighted by Crippen LogP contribution is -2.13. The number of amides is 1. The molecule has 0 aliphatic carbocycles. The van der Waals surface area contributed by atoms with Gasteiger partial charge in [0.2, 0.25) is 5.88 Å². The molecule has 0 fully saturated rings. The highest BCUT2D eigenvalue weighted by Gasteiger charge is 2.12. The monoisotopic (exact) mass is 278 g/mol. The zero-order valence-corrected chi connectivity index (χ0v) is 10.8. The van der Waals surface area contributed by atoms with E-state index in [2.05, 4.69) is 15.3 Å². The molecule has 0 aliphatic heterocycles. The van der Waals surface area contributed by atoms with E-state index >= 15 is 0 Å². The Bertz CT molecular complexity index is 601. The minimum absolute atomic E-state index is 0.0909. The Morgan fingerprint density at radius 3 is 2.79 bits per heavy atom. The molecule has 0 saturated heterocycles. The summed E-state index contributed by atoms with van der Waals surface area (Å²) in [7, 11) is 1.51. The summed E-state index contributed by atoms with van der Waals surface area (Å²) in [4.78, 5) is 19.8. The highest BCUT2D eigenvalue weighted by molar-refractivity contribution is 6.33. The molecule has 6 nitrogen and oxygen atoms in total. The summed E-state index contributed by atoms with van der Waals surface area (Å²) in [6, 6.07) is 4.76. The fraction of sp³-hybridized carbons (Fsp3) is 0.0833. The number of nitrogens with one attached hydrogen (secondary N) is 1. The summed E-state index contributed by atoms with van der Waals surface area (Å²) in [6.07, 6.45) is 2.86. The number of carbonyl (C=O) groups excluding carboxylic acids is 1. The van der Waals surface area contributed by atoms with Gasteiger partial charge in [-0.2, -0.15) is 0 Å². The lowest BCUT2D eigenvalue weighted by Gasteiger charge is -2.07. The first-order valence-electron chi connectivity index (χ1n) is 5.32. The van der Waals surface area contributed by atoms with Crippen LogP contribution in [0.2, 0.25) is 5.15 Å². The van der Waals surface area contributed by atoms with Crippen molar-refractivity contribution in [3.8, 4) is 5.88 Å². The minimum Gasteiger partial charge on any atom is -0.481 e. The fourth-order valence-corrected chi connectivity index (χ4v) is 1.59. The quantitative estimate of drug-likeness (QED) is 0.838. The molecule has 0 aromatic carbocycles. The maximum Gasteiger partial charge on any atom is 0.258 e. The maximum absolute atomic E-state index is 12.0. The Hall–Kier alpha value is -2.34. The van der Waals surface area contributed by atoms with Crippen molar-refractivity contribution in [3.05, 3.63) is 41.3 Å². The first-order chi connectivity index (χ1) is 9.10. The van der Waals surface area contributed by atoms with Crippen molar-refractivity contribution in [1.82, 2.24) is 9.97 Å². The van der Waals surface area contributed by atoms with Gasteiger partial charge >= 0.3 is 0 Å². The van der Waals surface area contributed by atoms with Crippen LogP contribution in [-0.4, -0.2) is 23.0 Å². The molecule has 2 aromatic heterocycles. The largest absolute Gasteiger partial charge is 0.481 e. The molecule has 0 aliphatic rings. The number of carbonyl (C=O) groups is 1. The number of pyridine rings is 2. The van der Waals surface area contributed by atoms with Gasteiger partial charge in [-0.15, -0.1) is 0 Å². The topological polar surface area (TPSA) is 90.1 Å². The van der Waals surface area contributed by atoms with Gasteiger partial charge in [-0.1, -0.05) is 11.6 Å². The third kappa shape index (κ3) is 3.11. The third-order valence-corrected chi connectivity index (χ3v) is 2.61. The molecule has 3 N–H and O–H groups in total. The highest BCUT2D eigenvalue weighted by Crippen LogP contribution is 2.18. The Morgan fingerprint density at radius 2 is 2.16 bits per heavy atom. The second-order valence-electron chi connectivity index (χ2n) is 3.65. The minimum atomic E-state index is -0.406. The molecule has 2 heterocycles. The number of anilines is 2. The Kier molecular flexibility index (Phi) is 3.82. The molecule has 0 bridgehead atoms. The van der Waals surface area contributed by atoms with Gasteiger partial charge in [-0.05, 0) is 12.1 Å². The SMILES string of the molecule is COc1ccc(NC(=O)c2cc(N)cnc2Cl)cn1. The predicted octanol–water partition coefficient (Wildman–Crippen LogP) is 1.97. The van der Waals surface area contributed by atoms with Crippen LogP contribution in [0.15, 0.2) is 30.6 Å². The molecule has 0 saturated carbocycles. The van der Waals surface area contributed by atoms with Crippen LogP contribution in [0.3, 0.4) is 0 Å². The number of ether oxygens (including phenoxy) is 1. The van der Waals surface area contributed by atoms with Gasteiger partial charge in [-0.25, -0.2) is 9.97 Å². The number of nitrogen functional groups attached to an aromatic ring is 1. The van der Waals surface area contributed by atoms with E-state index in [0.717, 1.165) is 0 Å². The second kappa shape index (κ2) is 5.53. The molecule has 0 radical (unpaired) electrons. The van der Waals surface area contributed by atoms with Crippen LogP contribution in [-0.2, 0) is 0 Å². The third-order valence-electron chi connectivity index (χ3n) is 2.31. The van der Waals surface area contributed by atoms with Gasteiger partial charge in [0.25, 0.3) is 5.91 Å². The van der Waals surface area contributed by atoms with Crippen molar-refractivity contribution in [2.75, 3.05) is 18.2 Å². The highest BCUT2D eigenvalue weighted by atomic mass is 35.5. The van der Waals surface area contributed by atoms with Crippen molar-refractivity contribution < 1.29 is 9.53 Å². The summed E-state index contributed by atoms with van der Waals surface area (Å²) in [5.74, 6) is 0.0541. The van der Waals surface area contributed by atoms with E-state index in [1.807, 2.05) is 0 Å². The number of aromatic nitrogens is 2. The van der Waals surface area contributed by atoms with Crippen molar-refractivity contribution in [3.63, 3.8) is 0 Å². The molecule has 19 heavy (non-hydrogen) atoms. The Labute approximate surface area is 114 Å². The van der Waals surface area contributed by atoms with E-state index in [0.29, 0.717) is 17.3 Å². The van der Waals surface area contributed by atoms with Crippen LogP contribution < -0.4 is 15.8 Å². The smallest absolute Gasteiger partial charge is 0.258 e. The van der Waals surface area contributed by atoms with E-state index in [4.69, 9.17) is 22.1 Å². The summed E-state index contributed by atoms with van der Waals surface area (Å²) in [5.41, 5.74) is 6.65. The van der Waals surface area contributed by atoms with Crippen LogP contribution in [0.4, 0.5) is 11.4 Å². The van der Waals surface area contributed by atoms with E-state index in [1.165, 1.54) is 25.6 Å². The first kappa shape index (κ1) is 13.1. The van der Waals surface area contributed by atoms with Gasteiger partial charge in [0.1, 0.15) is 5.15 Å². The molecule has 7 heteroatoms. The number of nitrogens with zero attached hydrogens (tertiary/aromatic N) is 2. The van der Waals surface area contributed by atoms with Gasteiger partial charge in [-0.3, -0.25) is 4.79 Å². The predicted molar refractivity (Wildman–Crippen MR) is 72.4 cm³/mol. The molecule has 2 aromatic rings. The van der Waals surface area contributed by atoms with Gasteiger partial charge in [0.05, 0.1) is 36.4 Å². The number of nitrogens with two attached hydrogens (primary N) is 1. The summed E-state index contributed by atoms with van der Waals surface area (Å²) >= 11 is 5.84. The average Bonchev–Trinajstić information content (AvgIpc) is 2.42. The van der Waals surface area contributed by atoms with E-state index < -0.39 is 5.91 Å². The second-order valence-corrected chi connectivity index (χ2v) is 4.01. The van der Waals surface area contributed by atoms with Crippen LogP contribution in [0.5, 0.6) is 5.88 Å². The zero-order valence-electron chi connectivity index (χ0n) is 10.1. The molecule has 0 spiro atoms. The van der Waals surface area contributed by atoms with Gasteiger partial charge in [0, 0.05) is 6.07 Å². The molecule has 0 unspecified atom stereocenters. The van der Waals surface area contributed by atoms with Gasteiger partial charge < -0.3 is 15.8 Å². The normalized spacial score (nSPS) is 10.0. The van der Waals surface area contributed by atoms with Crippen LogP contribution in [0, 0.1) is 0 Å². The number of hydrogen-bond donors (Lipinski definition) is 2. The Morgan fingerprint density at radius 1 is 1.37 bits per heavy atom. The van der Waals surface area contributed by atoms with Crippen LogP contribution in [0.25, 0.3) is 0 Å². The fourth-order valence-electron chi connectivity index (χ4n) is 1.40. The van der Waals surface area contributed by atoms with Crippen LogP contribution >= 0.6 is 11.6 Å². The lowest BCUT2D eigenvalue weighted by atomic mass is 10.2. The summed E-state index contributed by atoms with van der Waals surface area (Å²) < 4.78 is 4.92. The lowest BCUT2D eigenvalue weighted by molar-refractivity contribution is 0.102. The van der Waals surface area contributed by atoms with Crippen molar-refractivity contribution >= 4 is 28.9 Å². The standard InChI is InChI=1S/C12H11ClN4O2/c1-19-10-3-2-8(6-15-10)17-12(18)9-4-7(14)5-16-11(9)13/h2-6H,14H2,1H3,(H,17,18). The van der Waals surface area contributed by atoms with E-state index in [1.54, 1.807) is 12.1 Å². The molecule has 1 amide bonds. The Balaban J connectivity index is 2.18. The number of methoxy groups -OCH3 is 1. The summed E-state index contributed by atoms with van der Waals surface area (Å²) in [6.45, 7) is 0. The molecular formula is C12H11ClN4O2. The number of halogens is 1. The zero-order chi connectivity index (χ0) is 13.8. The molecule has 0 atom stereocenters. The number of rotatable bonds is 3. The average molecular weight is 279 g/mol. The maximum atomic E-state index is 12.0. The van der Waals surface area contributed by atoms with Crippen molar-refractivity contribution in [2.24, 2.45) is 0 Å². The molecular weight excluding hydrogens is 268 g/mol. The van der Waals surface area contributed by atoms with E-state index in [-0.39, 0.29) is 10.7 Å². The number of hydrogen-bond acceptors (Lipinski definition) is 5. The summed E-state index contributed by atoms with van der Waals surface area (Å²) in [5, 5.41) is 2.73. The molecule has 2 rings (SSSR count). The van der Waals surface area contributed by atoms with Crippen molar-refractivity contribution in [2.45, 2.75) is 0 Å².